The summed E-state index contributed by atoms with van der Waals surface area (Å²) >= 11 is 0. The topological polar surface area (TPSA) is 74.6 Å². The van der Waals surface area contributed by atoms with Gasteiger partial charge in [0.1, 0.15) is 0 Å². The van der Waals surface area contributed by atoms with E-state index in [9.17, 15) is 9.59 Å². The summed E-state index contributed by atoms with van der Waals surface area (Å²) in [4.78, 5) is 26.8. The van der Waals surface area contributed by atoms with Gasteiger partial charge < -0.3 is 20.0 Å². The highest BCUT2D eigenvalue weighted by molar-refractivity contribution is 6.02. The zero-order chi connectivity index (χ0) is 18.4. The van der Waals surface area contributed by atoms with E-state index in [1.165, 1.54) is 12.7 Å². The number of anilines is 1. The minimum atomic E-state index is -0.314. The van der Waals surface area contributed by atoms with Gasteiger partial charge in [-0.2, -0.15) is 0 Å². The predicted octanol–water partition coefficient (Wildman–Crippen LogP) is 3.14. The third-order valence-electron chi connectivity index (χ3n) is 4.61. The van der Waals surface area contributed by atoms with Crippen molar-refractivity contribution in [2.24, 2.45) is 0 Å². The summed E-state index contributed by atoms with van der Waals surface area (Å²) in [6.45, 7) is 5.40. The summed E-state index contributed by atoms with van der Waals surface area (Å²) in [6, 6.07) is 10.4. The first kappa shape index (κ1) is 18.2. The number of nitrogens with one attached hydrogen (secondary N) is 2. The molecule has 1 saturated heterocycles. The normalized spacial score (nSPS) is 15.6. The van der Waals surface area contributed by atoms with E-state index in [0.29, 0.717) is 11.3 Å². The molecular formula is C20H25N3O3. The first-order valence-electron chi connectivity index (χ1n) is 9.14. The number of amides is 2. The van der Waals surface area contributed by atoms with Crippen LogP contribution in [-0.4, -0.2) is 42.4 Å². The average Bonchev–Trinajstić information content (AvgIpc) is 3.19. The molecule has 1 fully saturated rings. The summed E-state index contributed by atoms with van der Waals surface area (Å²) in [6.07, 6.45) is 4.60. The molecule has 0 spiro atoms. The van der Waals surface area contributed by atoms with E-state index in [2.05, 4.69) is 22.5 Å². The van der Waals surface area contributed by atoms with Crippen LogP contribution in [-0.2, 0) is 0 Å². The Morgan fingerprint density at radius 3 is 2.46 bits per heavy atom. The first-order chi connectivity index (χ1) is 12.7. The van der Waals surface area contributed by atoms with Gasteiger partial charge in [-0.3, -0.25) is 9.59 Å². The van der Waals surface area contributed by atoms with Gasteiger partial charge >= 0.3 is 0 Å². The number of hydrogen-bond donors (Lipinski definition) is 2. The first-order valence-corrected chi connectivity index (χ1v) is 9.14. The second-order valence-corrected chi connectivity index (χ2v) is 6.60. The highest BCUT2D eigenvalue weighted by Gasteiger charge is 2.20. The van der Waals surface area contributed by atoms with E-state index in [-0.39, 0.29) is 23.6 Å². The Morgan fingerprint density at radius 1 is 1.12 bits per heavy atom. The van der Waals surface area contributed by atoms with Crippen molar-refractivity contribution in [3.05, 3.63) is 54.0 Å². The highest BCUT2D eigenvalue weighted by Crippen LogP contribution is 2.14. The average molecular weight is 355 g/mol. The molecule has 138 valence electrons. The maximum absolute atomic E-state index is 12.4. The molecule has 0 unspecified atom stereocenters. The Bertz CT molecular complexity index is 717. The second kappa shape index (κ2) is 8.67. The van der Waals surface area contributed by atoms with E-state index < -0.39 is 0 Å². The molecule has 2 heterocycles. The SMILES string of the molecule is CCCN1CCC(NC(=O)c2ccc(NC(=O)c3ccco3)cc2)CC1. The molecule has 0 radical (unpaired) electrons. The number of hydrogen-bond acceptors (Lipinski definition) is 4. The van der Waals surface area contributed by atoms with Crippen molar-refractivity contribution in [1.82, 2.24) is 10.2 Å². The largest absolute Gasteiger partial charge is 0.459 e. The van der Waals surface area contributed by atoms with Crippen LogP contribution in [0.15, 0.2) is 47.1 Å². The molecular weight excluding hydrogens is 330 g/mol. The van der Waals surface area contributed by atoms with Crippen molar-refractivity contribution < 1.29 is 14.0 Å². The van der Waals surface area contributed by atoms with Gasteiger partial charge in [0.05, 0.1) is 6.26 Å². The van der Waals surface area contributed by atoms with Crippen molar-refractivity contribution in [3.63, 3.8) is 0 Å². The number of carbonyl (C=O) groups excluding carboxylic acids is 2. The molecule has 1 aliphatic heterocycles. The molecule has 0 bridgehead atoms. The van der Waals surface area contributed by atoms with Crippen LogP contribution in [0.25, 0.3) is 0 Å². The Labute approximate surface area is 153 Å². The molecule has 6 nitrogen and oxygen atoms in total. The van der Waals surface area contributed by atoms with Gasteiger partial charge in [0.2, 0.25) is 0 Å². The van der Waals surface area contributed by atoms with Gasteiger partial charge in [-0.1, -0.05) is 6.92 Å². The molecule has 0 aliphatic carbocycles. The van der Waals surface area contributed by atoms with Gasteiger partial charge in [-0.15, -0.1) is 0 Å². The van der Waals surface area contributed by atoms with E-state index in [4.69, 9.17) is 4.42 Å². The van der Waals surface area contributed by atoms with Crippen LogP contribution in [0.3, 0.4) is 0 Å². The molecule has 0 saturated carbocycles. The maximum atomic E-state index is 12.4. The van der Waals surface area contributed by atoms with Crippen molar-refractivity contribution in [2.75, 3.05) is 25.0 Å². The Hall–Kier alpha value is -2.60. The summed E-state index contributed by atoms with van der Waals surface area (Å²) in [5, 5.41) is 5.85. The number of likely N-dealkylation sites (tertiary alicyclic amines) is 1. The number of furan rings is 1. The number of rotatable bonds is 6. The fraction of sp³-hybridized carbons (Fsp3) is 0.400. The molecule has 2 aromatic rings. The Kier molecular flexibility index (Phi) is 6.07. The zero-order valence-corrected chi connectivity index (χ0v) is 15.0. The summed E-state index contributed by atoms with van der Waals surface area (Å²) in [5.74, 6) is -0.130. The smallest absolute Gasteiger partial charge is 0.291 e. The van der Waals surface area contributed by atoms with Gasteiger partial charge in [0.25, 0.3) is 11.8 Å². The highest BCUT2D eigenvalue weighted by atomic mass is 16.3. The lowest BCUT2D eigenvalue weighted by Gasteiger charge is -2.32. The quantitative estimate of drug-likeness (QED) is 0.835. The number of piperidine rings is 1. The minimum Gasteiger partial charge on any atom is -0.459 e. The third kappa shape index (κ3) is 4.73. The lowest BCUT2D eigenvalue weighted by atomic mass is 10.0. The molecule has 6 heteroatoms. The van der Waals surface area contributed by atoms with Crippen LogP contribution >= 0.6 is 0 Å². The molecule has 26 heavy (non-hydrogen) atoms. The molecule has 2 amide bonds. The summed E-state index contributed by atoms with van der Waals surface area (Å²) in [7, 11) is 0. The monoisotopic (exact) mass is 355 g/mol. The van der Waals surface area contributed by atoms with E-state index in [0.717, 1.165) is 32.5 Å². The predicted molar refractivity (Wildman–Crippen MR) is 100 cm³/mol. The fourth-order valence-electron chi connectivity index (χ4n) is 3.19. The maximum Gasteiger partial charge on any atom is 0.291 e. The molecule has 0 atom stereocenters. The van der Waals surface area contributed by atoms with Crippen LogP contribution in [0.2, 0.25) is 0 Å². The van der Waals surface area contributed by atoms with Gasteiger partial charge in [-0.05, 0) is 62.2 Å². The van der Waals surface area contributed by atoms with Crippen molar-refractivity contribution >= 4 is 17.5 Å². The molecule has 3 rings (SSSR count). The standard InChI is InChI=1S/C20H25N3O3/c1-2-11-23-12-9-17(10-13-23)21-19(24)15-5-7-16(8-6-15)22-20(25)18-4-3-14-26-18/h3-8,14,17H,2,9-13H2,1H3,(H,21,24)(H,22,25). The van der Waals surface area contributed by atoms with Crippen LogP contribution in [0.5, 0.6) is 0 Å². The van der Waals surface area contributed by atoms with E-state index in [1.807, 2.05) is 0 Å². The van der Waals surface area contributed by atoms with Crippen LogP contribution < -0.4 is 10.6 Å². The molecule has 1 aromatic heterocycles. The third-order valence-corrected chi connectivity index (χ3v) is 4.61. The summed E-state index contributed by atoms with van der Waals surface area (Å²) in [5.41, 5.74) is 1.22. The van der Waals surface area contributed by atoms with E-state index >= 15 is 0 Å². The fourth-order valence-corrected chi connectivity index (χ4v) is 3.19. The summed E-state index contributed by atoms with van der Waals surface area (Å²) < 4.78 is 5.06. The number of benzene rings is 1. The van der Waals surface area contributed by atoms with Gasteiger partial charge in [-0.25, -0.2) is 0 Å². The van der Waals surface area contributed by atoms with Crippen LogP contribution in [0.4, 0.5) is 5.69 Å². The number of nitrogens with zero attached hydrogens (tertiary/aromatic N) is 1. The number of carbonyl (C=O) groups is 2. The lowest BCUT2D eigenvalue weighted by Crippen LogP contribution is -2.44. The second-order valence-electron chi connectivity index (χ2n) is 6.60. The van der Waals surface area contributed by atoms with Crippen molar-refractivity contribution in [3.8, 4) is 0 Å². The van der Waals surface area contributed by atoms with Gasteiger partial charge in [0.15, 0.2) is 5.76 Å². The molecule has 2 N–H and O–H groups in total. The van der Waals surface area contributed by atoms with Crippen LogP contribution in [0, 0.1) is 0 Å². The minimum absolute atomic E-state index is 0.0668. The molecule has 1 aromatic carbocycles. The Balaban J connectivity index is 1.50. The van der Waals surface area contributed by atoms with Gasteiger partial charge in [0, 0.05) is 30.4 Å². The lowest BCUT2D eigenvalue weighted by molar-refractivity contribution is 0.0910. The van der Waals surface area contributed by atoms with Crippen molar-refractivity contribution in [2.45, 2.75) is 32.2 Å². The van der Waals surface area contributed by atoms with E-state index in [1.54, 1.807) is 36.4 Å². The molecule has 1 aliphatic rings. The zero-order valence-electron chi connectivity index (χ0n) is 15.0. The van der Waals surface area contributed by atoms with Crippen molar-refractivity contribution in [1.29, 1.82) is 0 Å². The Morgan fingerprint density at radius 2 is 1.85 bits per heavy atom. The van der Waals surface area contributed by atoms with Crippen LogP contribution in [0.1, 0.15) is 47.1 Å².